The van der Waals surface area contributed by atoms with Crippen LogP contribution in [0.3, 0.4) is 0 Å². The monoisotopic (exact) mass is 360 g/mol. The second kappa shape index (κ2) is 7.37. The third-order valence-electron chi connectivity index (χ3n) is 5.86. The predicted octanol–water partition coefficient (Wildman–Crippen LogP) is 1.92. The minimum absolute atomic E-state index is 0.0812. The van der Waals surface area contributed by atoms with Gasteiger partial charge in [0.15, 0.2) is 0 Å². The average molecular weight is 360 g/mol. The van der Waals surface area contributed by atoms with Crippen LogP contribution in [0.4, 0.5) is 0 Å². The Labute approximate surface area is 154 Å². The summed E-state index contributed by atoms with van der Waals surface area (Å²) in [7, 11) is 0. The van der Waals surface area contributed by atoms with Crippen LogP contribution in [0.15, 0.2) is 30.3 Å². The van der Waals surface area contributed by atoms with Gasteiger partial charge in [-0.05, 0) is 17.5 Å². The first-order valence-electron chi connectivity index (χ1n) is 9.29. The highest BCUT2D eigenvalue weighted by Gasteiger charge is 2.65. The van der Waals surface area contributed by atoms with Gasteiger partial charge in [-0.3, -0.25) is 14.5 Å². The third kappa shape index (κ3) is 3.48. The first-order chi connectivity index (χ1) is 12.4. The molecule has 1 saturated carbocycles. The van der Waals surface area contributed by atoms with Crippen molar-refractivity contribution in [3.8, 4) is 0 Å². The normalized spacial score (nSPS) is 30.6. The van der Waals surface area contributed by atoms with Crippen LogP contribution in [-0.2, 0) is 14.3 Å². The molecular formula is C20H28N2O4. The van der Waals surface area contributed by atoms with Crippen molar-refractivity contribution in [2.24, 2.45) is 17.3 Å². The van der Waals surface area contributed by atoms with Crippen molar-refractivity contribution < 1.29 is 19.4 Å². The van der Waals surface area contributed by atoms with E-state index in [9.17, 15) is 14.7 Å². The Bertz CT molecular complexity index is 661. The number of hydrogen-bond donors (Lipinski definition) is 2. The molecule has 2 fully saturated rings. The number of carboxylic acid groups (broad SMARTS) is 1. The molecule has 3 rings (SSSR count). The van der Waals surface area contributed by atoms with Crippen molar-refractivity contribution in [2.75, 3.05) is 26.2 Å². The maximum atomic E-state index is 12.5. The van der Waals surface area contributed by atoms with Crippen LogP contribution >= 0.6 is 0 Å². The van der Waals surface area contributed by atoms with Crippen LogP contribution in [0.2, 0.25) is 0 Å². The number of rotatable bonds is 6. The number of benzene rings is 1. The molecule has 26 heavy (non-hydrogen) atoms. The van der Waals surface area contributed by atoms with Crippen molar-refractivity contribution in [3.05, 3.63) is 35.9 Å². The van der Waals surface area contributed by atoms with Crippen molar-refractivity contribution in [2.45, 2.75) is 32.9 Å². The largest absolute Gasteiger partial charge is 0.481 e. The molecule has 2 N–H and O–H groups in total. The van der Waals surface area contributed by atoms with Crippen molar-refractivity contribution in [1.29, 1.82) is 0 Å². The molecule has 1 heterocycles. The van der Waals surface area contributed by atoms with E-state index < -0.39 is 23.2 Å². The van der Waals surface area contributed by atoms with Crippen LogP contribution < -0.4 is 5.32 Å². The van der Waals surface area contributed by atoms with E-state index in [1.54, 1.807) is 0 Å². The highest BCUT2D eigenvalue weighted by molar-refractivity contribution is 5.91. The van der Waals surface area contributed by atoms with E-state index in [4.69, 9.17) is 4.74 Å². The van der Waals surface area contributed by atoms with E-state index in [1.807, 2.05) is 32.0 Å². The zero-order chi connectivity index (χ0) is 18.9. The van der Waals surface area contributed by atoms with Gasteiger partial charge in [0, 0.05) is 13.1 Å². The van der Waals surface area contributed by atoms with Gasteiger partial charge < -0.3 is 15.2 Å². The molecule has 0 spiro atoms. The van der Waals surface area contributed by atoms with E-state index in [0.717, 1.165) is 13.1 Å². The van der Waals surface area contributed by atoms with E-state index >= 15 is 0 Å². The lowest BCUT2D eigenvalue weighted by molar-refractivity contribution is -0.140. The Hall–Kier alpha value is -1.92. The summed E-state index contributed by atoms with van der Waals surface area (Å²) >= 11 is 0. The Morgan fingerprint density at radius 3 is 2.54 bits per heavy atom. The molecule has 142 valence electrons. The number of morpholine rings is 1. The molecule has 1 amide bonds. The van der Waals surface area contributed by atoms with Crippen LogP contribution in [-0.4, -0.2) is 54.2 Å². The Kier molecular flexibility index (Phi) is 5.34. The van der Waals surface area contributed by atoms with Crippen molar-refractivity contribution >= 4 is 11.9 Å². The molecule has 0 aromatic heterocycles. The van der Waals surface area contributed by atoms with E-state index in [-0.39, 0.29) is 18.1 Å². The fourth-order valence-corrected chi connectivity index (χ4v) is 4.29. The molecule has 4 atom stereocenters. The molecule has 0 bridgehead atoms. The molecule has 1 aliphatic carbocycles. The fraction of sp³-hybridized carbons (Fsp3) is 0.600. The van der Waals surface area contributed by atoms with Gasteiger partial charge in [-0.15, -0.1) is 0 Å². The number of amides is 1. The zero-order valence-electron chi connectivity index (χ0n) is 15.6. The highest BCUT2D eigenvalue weighted by atomic mass is 16.5. The summed E-state index contributed by atoms with van der Waals surface area (Å²) in [6.07, 6.45) is -0.153. The molecule has 1 aromatic carbocycles. The van der Waals surface area contributed by atoms with Gasteiger partial charge in [-0.1, -0.05) is 51.1 Å². The number of nitrogens with one attached hydrogen (secondary N) is 1. The third-order valence-corrected chi connectivity index (χ3v) is 5.86. The predicted molar refractivity (Wildman–Crippen MR) is 97.6 cm³/mol. The highest BCUT2D eigenvalue weighted by Crippen LogP contribution is 2.58. The minimum atomic E-state index is -0.900. The number of hydrogen-bond acceptors (Lipinski definition) is 4. The molecule has 1 aliphatic heterocycles. The van der Waals surface area contributed by atoms with Gasteiger partial charge in [-0.2, -0.15) is 0 Å². The van der Waals surface area contributed by atoms with E-state index in [1.165, 1.54) is 5.56 Å². The van der Waals surface area contributed by atoms with Crippen LogP contribution in [0.5, 0.6) is 0 Å². The zero-order valence-corrected chi connectivity index (χ0v) is 15.6. The van der Waals surface area contributed by atoms with Gasteiger partial charge in [0.1, 0.15) is 0 Å². The summed E-state index contributed by atoms with van der Waals surface area (Å²) in [4.78, 5) is 26.2. The summed E-state index contributed by atoms with van der Waals surface area (Å²) < 4.78 is 5.98. The molecule has 6 heteroatoms. The standard InChI is InChI=1S/C20H28N2O4/c1-4-22-10-11-26-14(17(22)13-8-6-5-7-9-13)12-21-18(23)15-16(19(24)25)20(15,2)3/h5-9,14-17H,4,10-12H2,1-3H3,(H,21,23)(H,24,25)/t14-,15-,16+,17-/m0/s1. The lowest BCUT2D eigenvalue weighted by Gasteiger charge is -2.41. The molecule has 0 unspecified atom stereocenters. The summed E-state index contributed by atoms with van der Waals surface area (Å²) in [6.45, 7) is 8.57. The summed E-state index contributed by atoms with van der Waals surface area (Å²) in [5.74, 6) is -2.16. The number of aliphatic carboxylic acids is 1. The Morgan fingerprint density at radius 1 is 1.27 bits per heavy atom. The van der Waals surface area contributed by atoms with Crippen molar-refractivity contribution in [1.82, 2.24) is 10.2 Å². The van der Waals surface area contributed by atoms with Gasteiger partial charge in [0.05, 0.1) is 30.6 Å². The minimum Gasteiger partial charge on any atom is -0.481 e. The van der Waals surface area contributed by atoms with Gasteiger partial charge in [0.2, 0.25) is 5.91 Å². The summed E-state index contributed by atoms with van der Waals surface area (Å²) in [5.41, 5.74) is 0.681. The van der Waals surface area contributed by atoms with Crippen molar-refractivity contribution in [3.63, 3.8) is 0 Å². The quantitative estimate of drug-likeness (QED) is 0.810. The lowest BCUT2D eigenvalue weighted by Crippen LogP contribution is -2.50. The van der Waals surface area contributed by atoms with E-state index in [2.05, 4.69) is 29.3 Å². The van der Waals surface area contributed by atoms with Gasteiger partial charge >= 0.3 is 5.97 Å². The van der Waals surface area contributed by atoms with Gasteiger partial charge in [0.25, 0.3) is 0 Å². The molecule has 1 aromatic rings. The number of carbonyl (C=O) groups is 2. The molecule has 0 radical (unpaired) electrons. The second-order valence-corrected chi connectivity index (χ2v) is 7.75. The van der Waals surface area contributed by atoms with Crippen LogP contribution in [0.25, 0.3) is 0 Å². The number of nitrogens with zero attached hydrogens (tertiary/aromatic N) is 1. The maximum Gasteiger partial charge on any atom is 0.307 e. The van der Waals surface area contributed by atoms with Gasteiger partial charge in [-0.25, -0.2) is 0 Å². The molecule has 1 saturated heterocycles. The Morgan fingerprint density at radius 2 is 1.96 bits per heavy atom. The number of ether oxygens (including phenoxy) is 1. The smallest absolute Gasteiger partial charge is 0.307 e. The fourth-order valence-electron chi connectivity index (χ4n) is 4.29. The molecule has 6 nitrogen and oxygen atoms in total. The lowest BCUT2D eigenvalue weighted by atomic mass is 9.97. The van der Waals surface area contributed by atoms with E-state index in [0.29, 0.717) is 13.2 Å². The topological polar surface area (TPSA) is 78.9 Å². The maximum absolute atomic E-state index is 12.5. The second-order valence-electron chi connectivity index (χ2n) is 7.75. The SMILES string of the molecule is CCN1CCO[C@@H](CNC(=O)[C@@H]2[C@H](C(=O)O)C2(C)C)[C@@H]1c1ccccc1. The Balaban J connectivity index is 1.68. The number of carbonyl (C=O) groups excluding carboxylic acids is 1. The first kappa shape index (κ1) is 18.9. The number of likely N-dealkylation sites (N-methyl/N-ethyl adjacent to an activating group) is 1. The average Bonchev–Trinajstić information content (AvgIpc) is 3.22. The van der Waals surface area contributed by atoms with Crippen LogP contribution in [0, 0.1) is 17.3 Å². The number of carboxylic acids is 1. The molecule has 2 aliphatic rings. The molecular weight excluding hydrogens is 332 g/mol. The first-order valence-corrected chi connectivity index (χ1v) is 9.29. The van der Waals surface area contributed by atoms with Crippen LogP contribution in [0.1, 0.15) is 32.4 Å². The summed E-state index contributed by atoms with van der Waals surface area (Å²) in [6, 6.07) is 10.3. The summed E-state index contributed by atoms with van der Waals surface area (Å²) in [5, 5.41) is 12.2.